The lowest BCUT2D eigenvalue weighted by atomic mass is 10.2. The van der Waals surface area contributed by atoms with Crippen molar-refractivity contribution in [1.82, 2.24) is 5.32 Å². The van der Waals surface area contributed by atoms with Crippen molar-refractivity contribution in [2.45, 2.75) is 25.5 Å². The zero-order chi connectivity index (χ0) is 13.8. The second-order valence-electron chi connectivity index (χ2n) is 4.92. The minimum absolute atomic E-state index is 0.131. The van der Waals surface area contributed by atoms with Crippen LogP contribution < -0.4 is 5.32 Å². The fourth-order valence-corrected chi connectivity index (χ4v) is 2.43. The van der Waals surface area contributed by atoms with Crippen LogP contribution in [0.3, 0.4) is 0 Å². The van der Waals surface area contributed by atoms with Gasteiger partial charge in [-0.2, -0.15) is 0 Å². The summed E-state index contributed by atoms with van der Waals surface area (Å²) in [7, 11) is -0.936. The van der Waals surface area contributed by atoms with E-state index >= 15 is 0 Å². The van der Waals surface area contributed by atoms with E-state index in [0.29, 0.717) is 17.9 Å². The Bertz CT molecular complexity index is 437. The van der Waals surface area contributed by atoms with Crippen LogP contribution in [0.4, 0.5) is 0 Å². The van der Waals surface area contributed by atoms with Crippen LogP contribution in [0.25, 0.3) is 0 Å². The quantitative estimate of drug-likeness (QED) is 0.922. The summed E-state index contributed by atoms with van der Waals surface area (Å²) in [4.78, 5) is 11.8. The first-order chi connectivity index (χ1) is 8.30. The Kier molecular flexibility index (Phi) is 5.53. The monoisotopic (exact) mass is 331 g/mol. The number of nitrogens with one attached hydrogen (secondary N) is 1. The molecule has 0 aromatic heterocycles. The second-order valence-corrected chi connectivity index (χ2v) is 8.16. The molecular weight excluding hydrogens is 314 g/mol. The number of hydrogen-bond donors (Lipinski definition) is 1. The molecule has 1 unspecified atom stereocenters. The van der Waals surface area contributed by atoms with Gasteiger partial charge in [-0.1, -0.05) is 15.9 Å². The number of carbonyl (C=O) groups excluding carboxylic acids is 1. The van der Waals surface area contributed by atoms with Crippen molar-refractivity contribution in [1.29, 1.82) is 0 Å². The van der Waals surface area contributed by atoms with Crippen LogP contribution in [0.1, 0.15) is 31.1 Å². The fourth-order valence-electron chi connectivity index (χ4n) is 1.27. The number of hydrogen-bond acceptors (Lipinski definition) is 2. The van der Waals surface area contributed by atoms with Gasteiger partial charge in [-0.15, -0.1) is 0 Å². The van der Waals surface area contributed by atoms with Crippen molar-refractivity contribution in [2.75, 3.05) is 12.3 Å². The van der Waals surface area contributed by atoms with Gasteiger partial charge in [0, 0.05) is 37.9 Å². The Hall–Kier alpha value is -0.680. The average Bonchev–Trinajstić information content (AvgIpc) is 2.28. The van der Waals surface area contributed by atoms with Gasteiger partial charge in [0.25, 0.3) is 5.91 Å². The highest BCUT2D eigenvalue weighted by Gasteiger charge is 2.18. The molecule has 1 amide bonds. The average molecular weight is 332 g/mol. The molecule has 0 aliphatic rings. The molecule has 5 heteroatoms. The molecule has 0 heterocycles. The van der Waals surface area contributed by atoms with Crippen LogP contribution in [0, 0.1) is 0 Å². The Balaban J connectivity index is 2.43. The highest BCUT2D eigenvalue weighted by molar-refractivity contribution is 9.10. The lowest BCUT2D eigenvalue weighted by Gasteiger charge is -2.17. The topological polar surface area (TPSA) is 46.2 Å². The first kappa shape index (κ1) is 15.4. The number of amides is 1. The summed E-state index contributed by atoms with van der Waals surface area (Å²) >= 11 is 3.32. The zero-order valence-electron chi connectivity index (χ0n) is 10.8. The van der Waals surface area contributed by atoms with E-state index in [1.807, 2.05) is 32.9 Å². The predicted molar refractivity (Wildman–Crippen MR) is 79.2 cm³/mol. The molecule has 1 atom stereocenters. The Morgan fingerprint density at radius 2 is 1.83 bits per heavy atom. The smallest absolute Gasteiger partial charge is 0.251 e. The van der Waals surface area contributed by atoms with Crippen molar-refractivity contribution in [2.24, 2.45) is 0 Å². The third-order valence-electron chi connectivity index (χ3n) is 2.36. The lowest BCUT2D eigenvalue weighted by molar-refractivity contribution is 0.0956. The standard InChI is InChI=1S/C13H18BrNO2S/c1-13(2,3)18(17)9-8-15-12(16)10-4-6-11(14)7-5-10/h4-7H,8-9H2,1-3H3,(H,15,16). The molecule has 0 spiro atoms. The maximum Gasteiger partial charge on any atom is 0.251 e. The van der Waals surface area contributed by atoms with Crippen LogP contribution >= 0.6 is 15.9 Å². The van der Waals surface area contributed by atoms with Crippen molar-refractivity contribution in [3.05, 3.63) is 34.3 Å². The summed E-state index contributed by atoms with van der Waals surface area (Å²) < 4.78 is 12.5. The third-order valence-corrected chi connectivity index (χ3v) is 4.83. The SMILES string of the molecule is CC(C)(C)S(=O)CCNC(=O)c1ccc(Br)cc1. The van der Waals surface area contributed by atoms with Gasteiger partial charge in [-0.25, -0.2) is 0 Å². The summed E-state index contributed by atoms with van der Waals surface area (Å²) in [5.41, 5.74) is 0.611. The van der Waals surface area contributed by atoms with Gasteiger partial charge >= 0.3 is 0 Å². The van der Waals surface area contributed by atoms with Crippen LogP contribution in [-0.4, -0.2) is 27.2 Å². The van der Waals surface area contributed by atoms with Crippen LogP contribution in [0.5, 0.6) is 0 Å². The van der Waals surface area contributed by atoms with E-state index in [1.165, 1.54) is 0 Å². The predicted octanol–water partition coefficient (Wildman–Crippen LogP) is 2.73. The number of benzene rings is 1. The number of rotatable bonds is 4. The molecular formula is C13H18BrNO2S. The summed E-state index contributed by atoms with van der Waals surface area (Å²) in [5.74, 6) is 0.347. The zero-order valence-corrected chi connectivity index (χ0v) is 13.2. The summed E-state index contributed by atoms with van der Waals surface area (Å²) in [5, 5.41) is 2.77. The molecule has 1 aromatic rings. The normalized spacial score (nSPS) is 13.1. The molecule has 1 rings (SSSR count). The molecule has 0 radical (unpaired) electrons. The van der Waals surface area contributed by atoms with Gasteiger partial charge in [0.05, 0.1) is 0 Å². The maximum atomic E-state index is 11.8. The Morgan fingerprint density at radius 3 is 2.33 bits per heavy atom. The molecule has 0 saturated carbocycles. The van der Waals surface area contributed by atoms with E-state index in [0.717, 1.165) is 4.47 Å². The highest BCUT2D eigenvalue weighted by Crippen LogP contribution is 2.11. The van der Waals surface area contributed by atoms with Gasteiger partial charge < -0.3 is 5.32 Å². The maximum absolute atomic E-state index is 11.8. The van der Waals surface area contributed by atoms with Crippen molar-refractivity contribution in [3.63, 3.8) is 0 Å². The van der Waals surface area contributed by atoms with Crippen LogP contribution in [0.15, 0.2) is 28.7 Å². The number of halogens is 1. The molecule has 1 N–H and O–H groups in total. The van der Waals surface area contributed by atoms with Gasteiger partial charge in [0.2, 0.25) is 0 Å². The molecule has 0 fully saturated rings. The summed E-state index contributed by atoms with van der Waals surface area (Å²) in [6.45, 7) is 6.22. The molecule has 0 saturated heterocycles. The highest BCUT2D eigenvalue weighted by atomic mass is 79.9. The lowest BCUT2D eigenvalue weighted by Crippen LogP contribution is -2.32. The molecule has 0 aliphatic heterocycles. The minimum atomic E-state index is -0.936. The molecule has 100 valence electrons. The molecule has 0 aliphatic carbocycles. The van der Waals surface area contributed by atoms with E-state index in [9.17, 15) is 9.00 Å². The van der Waals surface area contributed by atoms with E-state index in [2.05, 4.69) is 21.2 Å². The Morgan fingerprint density at radius 1 is 1.28 bits per heavy atom. The first-order valence-electron chi connectivity index (χ1n) is 5.73. The van der Waals surface area contributed by atoms with Crippen molar-refractivity contribution < 1.29 is 9.00 Å². The molecule has 0 bridgehead atoms. The van der Waals surface area contributed by atoms with Gasteiger partial charge in [0.1, 0.15) is 0 Å². The Labute approximate surface area is 119 Å². The molecule has 1 aromatic carbocycles. The second kappa shape index (κ2) is 6.48. The van der Waals surface area contributed by atoms with Gasteiger partial charge in [-0.05, 0) is 45.0 Å². The van der Waals surface area contributed by atoms with Gasteiger partial charge in [-0.3, -0.25) is 9.00 Å². The molecule has 18 heavy (non-hydrogen) atoms. The fraction of sp³-hybridized carbons (Fsp3) is 0.462. The summed E-state index contributed by atoms with van der Waals surface area (Å²) in [6, 6.07) is 7.14. The summed E-state index contributed by atoms with van der Waals surface area (Å²) in [6.07, 6.45) is 0. The molecule has 3 nitrogen and oxygen atoms in total. The number of carbonyl (C=O) groups is 1. The van der Waals surface area contributed by atoms with Crippen molar-refractivity contribution in [3.8, 4) is 0 Å². The largest absolute Gasteiger partial charge is 0.351 e. The van der Waals surface area contributed by atoms with Crippen LogP contribution in [0.2, 0.25) is 0 Å². The van der Waals surface area contributed by atoms with E-state index in [1.54, 1.807) is 12.1 Å². The van der Waals surface area contributed by atoms with Crippen LogP contribution in [-0.2, 0) is 10.8 Å². The van der Waals surface area contributed by atoms with E-state index in [4.69, 9.17) is 0 Å². The third kappa shape index (κ3) is 4.90. The van der Waals surface area contributed by atoms with E-state index < -0.39 is 10.8 Å². The first-order valence-corrected chi connectivity index (χ1v) is 7.84. The van der Waals surface area contributed by atoms with Crippen molar-refractivity contribution >= 4 is 32.6 Å². The van der Waals surface area contributed by atoms with Gasteiger partial charge in [0.15, 0.2) is 0 Å². The minimum Gasteiger partial charge on any atom is -0.351 e. The van der Waals surface area contributed by atoms with E-state index in [-0.39, 0.29) is 10.7 Å².